The summed E-state index contributed by atoms with van der Waals surface area (Å²) in [6.07, 6.45) is -0.348. The van der Waals surface area contributed by atoms with Crippen LogP contribution in [0.3, 0.4) is 0 Å². The molecule has 1 aliphatic rings. The molecule has 1 aliphatic heterocycles. The fourth-order valence-electron chi connectivity index (χ4n) is 2.34. The molecule has 110 valence electrons. The highest BCUT2D eigenvalue weighted by Gasteiger charge is 2.24. The van der Waals surface area contributed by atoms with Crippen molar-refractivity contribution in [2.75, 3.05) is 32.7 Å². The number of piperazine rings is 1. The van der Waals surface area contributed by atoms with Gasteiger partial charge in [-0.05, 0) is 25.1 Å². The van der Waals surface area contributed by atoms with Crippen LogP contribution < -0.4 is 0 Å². The number of halogens is 2. The normalized spacial score (nSPS) is 18.1. The van der Waals surface area contributed by atoms with E-state index in [-0.39, 0.29) is 12.0 Å². The van der Waals surface area contributed by atoms with Crippen molar-refractivity contribution in [3.05, 3.63) is 33.8 Å². The first-order chi connectivity index (χ1) is 9.47. The van der Waals surface area contributed by atoms with E-state index in [1.165, 1.54) is 0 Å². The van der Waals surface area contributed by atoms with Gasteiger partial charge in [0.25, 0.3) is 5.91 Å². The van der Waals surface area contributed by atoms with Crippen LogP contribution in [0.15, 0.2) is 18.2 Å². The molecule has 2 rings (SSSR count). The summed E-state index contributed by atoms with van der Waals surface area (Å²) in [5.41, 5.74) is 0.447. The van der Waals surface area contributed by atoms with Crippen LogP contribution in [0.4, 0.5) is 0 Å². The number of β-amino-alcohol motifs (C(OH)–C–C–N with tert-alkyl or cyclic N) is 1. The molecule has 1 saturated heterocycles. The SMILES string of the molecule is C[C@H](O)CN1CCN(C(=O)c2cc(Cl)ccc2Cl)CC1. The molecule has 1 aromatic carbocycles. The first-order valence-corrected chi connectivity index (χ1v) is 7.37. The molecule has 0 radical (unpaired) electrons. The second kappa shape index (κ2) is 6.76. The minimum atomic E-state index is -0.348. The number of nitrogens with zero attached hydrogens (tertiary/aromatic N) is 2. The molecule has 20 heavy (non-hydrogen) atoms. The van der Waals surface area contributed by atoms with Crippen LogP contribution in [0, 0.1) is 0 Å². The van der Waals surface area contributed by atoms with E-state index in [0.29, 0.717) is 35.2 Å². The molecule has 1 fully saturated rings. The highest BCUT2D eigenvalue weighted by atomic mass is 35.5. The van der Waals surface area contributed by atoms with Gasteiger partial charge >= 0.3 is 0 Å². The lowest BCUT2D eigenvalue weighted by Crippen LogP contribution is -2.50. The Labute approximate surface area is 128 Å². The Morgan fingerprint density at radius 3 is 2.55 bits per heavy atom. The number of carbonyl (C=O) groups is 1. The number of hydrogen-bond donors (Lipinski definition) is 1. The molecule has 0 unspecified atom stereocenters. The number of aliphatic hydroxyl groups is 1. The van der Waals surface area contributed by atoms with Gasteiger partial charge in [0.05, 0.1) is 16.7 Å². The first kappa shape index (κ1) is 15.6. The van der Waals surface area contributed by atoms with Gasteiger partial charge in [0.2, 0.25) is 0 Å². The second-order valence-corrected chi connectivity index (χ2v) is 5.91. The molecule has 1 amide bonds. The van der Waals surface area contributed by atoms with E-state index < -0.39 is 0 Å². The van der Waals surface area contributed by atoms with Crippen molar-refractivity contribution in [2.45, 2.75) is 13.0 Å². The van der Waals surface area contributed by atoms with Gasteiger partial charge in [-0.3, -0.25) is 9.69 Å². The number of hydrogen-bond acceptors (Lipinski definition) is 3. The Morgan fingerprint density at radius 1 is 1.30 bits per heavy atom. The zero-order valence-electron chi connectivity index (χ0n) is 11.4. The van der Waals surface area contributed by atoms with E-state index in [2.05, 4.69) is 4.90 Å². The highest BCUT2D eigenvalue weighted by molar-refractivity contribution is 6.35. The fraction of sp³-hybridized carbons (Fsp3) is 0.500. The smallest absolute Gasteiger partial charge is 0.255 e. The van der Waals surface area contributed by atoms with Crippen molar-refractivity contribution in [2.24, 2.45) is 0 Å². The lowest BCUT2D eigenvalue weighted by molar-refractivity contribution is 0.0554. The van der Waals surface area contributed by atoms with E-state index in [1.807, 2.05) is 0 Å². The van der Waals surface area contributed by atoms with E-state index >= 15 is 0 Å². The van der Waals surface area contributed by atoms with E-state index in [1.54, 1.807) is 30.0 Å². The van der Waals surface area contributed by atoms with Crippen molar-refractivity contribution in [3.8, 4) is 0 Å². The number of aliphatic hydroxyl groups excluding tert-OH is 1. The standard InChI is InChI=1S/C14H18Cl2N2O2/c1-10(19)9-17-4-6-18(7-5-17)14(20)12-8-11(15)2-3-13(12)16/h2-3,8,10,19H,4-7,9H2,1H3/t10-/m0/s1. The van der Waals surface area contributed by atoms with Crippen LogP contribution in [-0.2, 0) is 0 Å². The lowest BCUT2D eigenvalue weighted by Gasteiger charge is -2.35. The molecule has 1 atom stereocenters. The predicted molar refractivity (Wildman–Crippen MR) is 80.5 cm³/mol. The van der Waals surface area contributed by atoms with Crippen LogP contribution >= 0.6 is 23.2 Å². The van der Waals surface area contributed by atoms with Crippen LogP contribution in [0.25, 0.3) is 0 Å². The highest BCUT2D eigenvalue weighted by Crippen LogP contribution is 2.22. The average Bonchev–Trinajstić information content (AvgIpc) is 2.41. The number of amides is 1. The van der Waals surface area contributed by atoms with Crippen molar-refractivity contribution in [1.82, 2.24) is 9.80 Å². The van der Waals surface area contributed by atoms with Crippen molar-refractivity contribution >= 4 is 29.1 Å². The Bertz CT molecular complexity index is 486. The molecule has 4 nitrogen and oxygen atoms in total. The van der Waals surface area contributed by atoms with Gasteiger partial charge in [0.1, 0.15) is 0 Å². The van der Waals surface area contributed by atoms with E-state index in [4.69, 9.17) is 23.2 Å². The summed E-state index contributed by atoms with van der Waals surface area (Å²) in [7, 11) is 0. The third-order valence-corrected chi connectivity index (χ3v) is 3.91. The molecular formula is C14H18Cl2N2O2. The van der Waals surface area contributed by atoms with E-state index in [9.17, 15) is 9.90 Å². The lowest BCUT2D eigenvalue weighted by atomic mass is 10.1. The van der Waals surface area contributed by atoms with Crippen LogP contribution in [0.2, 0.25) is 10.0 Å². The zero-order valence-corrected chi connectivity index (χ0v) is 12.9. The third-order valence-electron chi connectivity index (χ3n) is 3.34. The second-order valence-electron chi connectivity index (χ2n) is 5.07. The van der Waals surface area contributed by atoms with Crippen molar-refractivity contribution in [1.29, 1.82) is 0 Å². The Hall–Kier alpha value is -0.810. The quantitative estimate of drug-likeness (QED) is 0.929. The molecule has 1 heterocycles. The summed E-state index contributed by atoms with van der Waals surface area (Å²) in [6, 6.07) is 4.91. The van der Waals surface area contributed by atoms with E-state index in [0.717, 1.165) is 13.1 Å². The molecule has 1 aromatic rings. The summed E-state index contributed by atoms with van der Waals surface area (Å²) >= 11 is 12.0. The minimum Gasteiger partial charge on any atom is -0.392 e. The van der Waals surface area contributed by atoms with Crippen LogP contribution in [-0.4, -0.2) is 59.6 Å². The zero-order chi connectivity index (χ0) is 14.7. The predicted octanol–water partition coefficient (Wildman–Crippen LogP) is 2.13. The molecule has 0 spiro atoms. The molecular weight excluding hydrogens is 299 g/mol. The maximum atomic E-state index is 12.4. The van der Waals surface area contributed by atoms with Gasteiger partial charge in [0.15, 0.2) is 0 Å². The Morgan fingerprint density at radius 2 is 1.95 bits per heavy atom. The largest absolute Gasteiger partial charge is 0.392 e. The van der Waals surface area contributed by atoms with Gasteiger partial charge < -0.3 is 10.0 Å². The topological polar surface area (TPSA) is 43.8 Å². The van der Waals surface area contributed by atoms with Gasteiger partial charge in [-0.1, -0.05) is 23.2 Å². The maximum Gasteiger partial charge on any atom is 0.255 e. The van der Waals surface area contributed by atoms with Crippen LogP contribution in [0.1, 0.15) is 17.3 Å². The molecule has 0 saturated carbocycles. The molecule has 0 aliphatic carbocycles. The number of carbonyl (C=O) groups excluding carboxylic acids is 1. The third kappa shape index (κ3) is 3.85. The maximum absolute atomic E-state index is 12.4. The molecule has 0 bridgehead atoms. The Kier molecular flexibility index (Phi) is 5.27. The molecule has 0 aromatic heterocycles. The summed E-state index contributed by atoms with van der Waals surface area (Å²) in [5, 5.41) is 10.3. The summed E-state index contributed by atoms with van der Waals surface area (Å²) in [4.78, 5) is 16.3. The Balaban J connectivity index is 2.00. The number of benzene rings is 1. The molecule has 6 heteroatoms. The van der Waals surface area contributed by atoms with Crippen molar-refractivity contribution in [3.63, 3.8) is 0 Å². The summed E-state index contributed by atoms with van der Waals surface area (Å²) in [6.45, 7) is 5.19. The summed E-state index contributed by atoms with van der Waals surface area (Å²) < 4.78 is 0. The molecule has 1 N–H and O–H groups in total. The van der Waals surface area contributed by atoms with Gasteiger partial charge in [-0.15, -0.1) is 0 Å². The number of rotatable bonds is 3. The van der Waals surface area contributed by atoms with Crippen LogP contribution in [0.5, 0.6) is 0 Å². The minimum absolute atomic E-state index is 0.0887. The fourth-order valence-corrected chi connectivity index (χ4v) is 2.71. The van der Waals surface area contributed by atoms with Gasteiger partial charge in [0, 0.05) is 37.7 Å². The first-order valence-electron chi connectivity index (χ1n) is 6.62. The average molecular weight is 317 g/mol. The monoisotopic (exact) mass is 316 g/mol. The summed E-state index contributed by atoms with van der Waals surface area (Å²) in [5.74, 6) is -0.0887. The van der Waals surface area contributed by atoms with Gasteiger partial charge in [-0.25, -0.2) is 0 Å². The van der Waals surface area contributed by atoms with Gasteiger partial charge in [-0.2, -0.15) is 0 Å². The van der Waals surface area contributed by atoms with Crippen molar-refractivity contribution < 1.29 is 9.90 Å².